The smallest absolute Gasteiger partial charge is 0.413 e. The van der Waals surface area contributed by atoms with E-state index in [1.165, 1.54) is 16.7 Å². The molecule has 0 unspecified atom stereocenters. The Hall–Kier alpha value is -1.67. The Morgan fingerprint density at radius 3 is 2.32 bits per heavy atom. The predicted molar refractivity (Wildman–Crippen MR) is 103 cm³/mol. The summed E-state index contributed by atoms with van der Waals surface area (Å²) in [6, 6.07) is 4.49. The van der Waals surface area contributed by atoms with Crippen molar-refractivity contribution in [1.82, 2.24) is 9.55 Å². The largest absolute Gasteiger partial charge is 0.434 e. The summed E-state index contributed by atoms with van der Waals surface area (Å²) in [6.07, 6.45) is -2.01. The minimum absolute atomic E-state index is 0.0317. The fourth-order valence-electron chi connectivity index (χ4n) is 2.67. The van der Waals surface area contributed by atoms with Crippen LogP contribution in [0.25, 0.3) is 11.4 Å². The number of nitrogens with zero attached hydrogens (tertiary/aromatic N) is 2. The van der Waals surface area contributed by atoms with Gasteiger partial charge in [-0.05, 0) is 48.7 Å². The molecule has 1 aromatic heterocycles. The van der Waals surface area contributed by atoms with Crippen molar-refractivity contribution in [3.05, 3.63) is 41.5 Å². The Morgan fingerprint density at radius 2 is 1.82 bits per heavy atom. The molecule has 0 amide bonds. The van der Waals surface area contributed by atoms with E-state index in [-0.39, 0.29) is 29.1 Å². The van der Waals surface area contributed by atoms with Crippen molar-refractivity contribution in [2.75, 3.05) is 0 Å². The molecule has 1 saturated carbocycles. The summed E-state index contributed by atoms with van der Waals surface area (Å²) in [5, 5.41) is 0.0362. The predicted octanol–water partition coefficient (Wildman–Crippen LogP) is 6.56. The summed E-state index contributed by atoms with van der Waals surface area (Å²) >= 11 is 0. The molecule has 3 rings (SSSR count). The van der Waals surface area contributed by atoms with Crippen LogP contribution < -0.4 is 0 Å². The van der Waals surface area contributed by atoms with E-state index in [0.717, 1.165) is 19.0 Å². The zero-order chi connectivity index (χ0) is 20.9. The van der Waals surface area contributed by atoms with Crippen LogP contribution in [-0.2, 0) is 17.2 Å². The van der Waals surface area contributed by atoms with Crippen LogP contribution in [0.15, 0.2) is 24.4 Å². The van der Waals surface area contributed by atoms with Gasteiger partial charge in [-0.1, -0.05) is 26.8 Å². The Balaban J connectivity index is 1.86. The first kappa shape index (κ1) is 21.0. The number of hydrogen-bond acceptors (Lipinski definition) is 2. The van der Waals surface area contributed by atoms with Crippen LogP contribution in [-0.4, -0.2) is 17.9 Å². The van der Waals surface area contributed by atoms with Crippen LogP contribution in [0.5, 0.6) is 0 Å². The van der Waals surface area contributed by atoms with Crippen LogP contribution in [0, 0.1) is 5.82 Å². The molecule has 0 aliphatic heterocycles. The highest BCUT2D eigenvalue weighted by Gasteiger charge is 2.38. The number of hydrogen-bond donors (Lipinski definition) is 0. The van der Waals surface area contributed by atoms with Gasteiger partial charge in [0.15, 0.2) is 14.0 Å². The number of imidazole rings is 1. The van der Waals surface area contributed by atoms with Crippen LogP contribution in [0.4, 0.5) is 17.6 Å². The molecule has 0 N–H and O–H groups in total. The lowest BCUT2D eigenvalue weighted by Gasteiger charge is -2.36. The standard InChI is InChI=1S/C20H26F4N2OSi/c1-19(2,3)28(4,5)27-12-13-6-9-15(16(21)10-13)18-25-17(20(22,23)24)11-26(18)14-7-8-14/h6,9-11,14H,7-8,12H2,1-5H3. The second-order valence-electron chi connectivity index (χ2n) is 8.95. The maximum absolute atomic E-state index is 14.8. The van der Waals surface area contributed by atoms with E-state index in [2.05, 4.69) is 38.8 Å². The van der Waals surface area contributed by atoms with Gasteiger partial charge in [0.05, 0.1) is 12.2 Å². The van der Waals surface area contributed by atoms with Crippen molar-refractivity contribution < 1.29 is 22.0 Å². The molecule has 0 bridgehead atoms. The molecule has 3 nitrogen and oxygen atoms in total. The van der Waals surface area contributed by atoms with Crippen molar-refractivity contribution >= 4 is 8.32 Å². The van der Waals surface area contributed by atoms with Crippen LogP contribution in [0.1, 0.15) is 50.9 Å². The molecule has 1 aliphatic rings. The first-order chi connectivity index (χ1) is 12.8. The quantitative estimate of drug-likeness (QED) is 0.409. The molecule has 2 aromatic rings. The van der Waals surface area contributed by atoms with Gasteiger partial charge in [0.25, 0.3) is 0 Å². The van der Waals surface area contributed by atoms with Gasteiger partial charge in [-0.2, -0.15) is 13.2 Å². The fourth-order valence-corrected chi connectivity index (χ4v) is 3.63. The lowest BCUT2D eigenvalue weighted by Crippen LogP contribution is -2.40. The summed E-state index contributed by atoms with van der Waals surface area (Å²) in [6.45, 7) is 10.9. The molecular weight excluding hydrogens is 388 g/mol. The summed E-state index contributed by atoms with van der Waals surface area (Å²) < 4.78 is 61.6. The minimum atomic E-state index is -4.55. The molecule has 28 heavy (non-hydrogen) atoms. The van der Waals surface area contributed by atoms with Gasteiger partial charge < -0.3 is 8.99 Å². The molecule has 8 heteroatoms. The molecule has 154 valence electrons. The van der Waals surface area contributed by atoms with Crippen LogP contribution in [0.2, 0.25) is 18.1 Å². The molecule has 1 aromatic carbocycles. The van der Waals surface area contributed by atoms with Gasteiger partial charge in [-0.25, -0.2) is 9.37 Å². The van der Waals surface area contributed by atoms with E-state index < -0.39 is 26.0 Å². The number of benzene rings is 1. The Bertz CT molecular complexity index is 864. The average Bonchev–Trinajstić information content (AvgIpc) is 3.30. The number of halogens is 4. The minimum Gasteiger partial charge on any atom is -0.413 e. The highest BCUT2D eigenvalue weighted by molar-refractivity contribution is 6.74. The van der Waals surface area contributed by atoms with E-state index in [1.54, 1.807) is 6.07 Å². The Labute approximate surface area is 163 Å². The SMILES string of the molecule is CC(C)(C)[Si](C)(C)OCc1ccc(-c2nc(C(F)(F)F)cn2C2CC2)c(F)c1. The Kier molecular flexibility index (Phi) is 5.25. The van der Waals surface area contributed by atoms with Crippen molar-refractivity contribution in [3.8, 4) is 11.4 Å². The maximum atomic E-state index is 14.8. The third-order valence-corrected chi connectivity index (χ3v) is 10.1. The van der Waals surface area contributed by atoms with Crippen molar-refractivity contribution in [3.63, 3.8) is 0 Å². The number of rotatable bonds is 5. The normalized spacial score (nSPS) is 15.9. The zero-order valence-corrected chi connectivity index (χ0v) is 17.8. The lowest BCUT2D eigenvalue weighted by molar-refractivity contribution is -0.140. The van der Waals surface area contributed by atoms with Crippen molar-refractivity contribution in [1.29, 1.82) is 0 Å². The molecule has 1 aliphatic carbocycles. The molecular formula is C20H26F4N2OSi. The van der Waals surface area contributed by atoms with Crippen molar-refractivity contribution in [2.24, 2.45) is 0 Å². The summed E-state index contributed by atoms with van der Waals surface area (Å²) in [5.74, 6) is -0.554. The lowest BCUT2D eigenvalue weighted by atomic mass is 10.1. The average molecular weight is 415 g/mol. The highest BCUT2D eigenvalue weighted by atomic mass is 28.4. The number of aromatic nitrogens is 2. The second kappa shape index (κ2) is 6.98. The molecule has 1 fully saturated rings. The second-order valence-corrected chi connectivity index (χ2v) is 13.8. The molecule has 0 saturated heterocycles. The van der Waals surface area contributed by atoms with Gasteiger partial charge in [0, 0.05) is 12.2 Å². The van der Waals surface area contributed by atoms with Gasteiger partial charge in [-0.3, -0.25) is 0 Å². The van der Waals surface area contributed by atoms with Crippen LogP contribution >= 0.6 is 0 Å². The van der Waals surface area contributed by atoms with Crippen LogP contribution in [0.3, 0.4) is 0 Å². The first-order valence-corrected chi connectivity index (χ1v) is 12.3. The van der Waals surface area contributed by atoms with E-state index in [9.17, 15) is 17.6 Å². The van der Waals surface area contributed by atoms with Gasteiger partial charge >= 0.3 is 6.18 Å². The van der Waals surface area contributed by atoms with E-state index >= 15 is 0 Å². The maximum Gasteiger partial charge on any atom is 0.434 e. The van der Waals surface area contributed by atoms with Crippen molar-refractivity contribution in [2.45, 2.75) is 70.6 Å². The fraction of sp³-hybridized carbons (Fsp3) is 0.550. The highest BCUT2D eigenvalue weighted by Crippen LogP contribution is 2.41. The van der Waals surface area contributed by atoms with E-state index in [4.69, 9.17) is 4.43 Å². The van der Waals surface area contributed by atoms with Gasteiger partial charge in [0.2, 0.25) is 0 Å². The molecule has 0 atom stereocenters. The summed E-state index contributed by atoms with van der Waals surface area (Å²) in [7, 11) is -1.98. The van der Waals surface area contributed by atoms with E-state index in [1.807, 2.05) is 0 Å². The molecule has 0 radical (unpaired) electrons. The zero-order valence-electron chi connectivity index (χ0n) is 16.8. The van der Waals surface area contributed by atoms with Gasteiger partial charge in [-0.15, -0.1) is 0 Å². The first-order valence-electron chi connectivity index (χ1n) is 9.38. The molecule has 1 heterocycles. The Morgan fingerprint density at radius 1 is 1.18 bits per heavy atom. The number of alkyl halides is 3. The molecule has 0 spiro atoms. The van der Waals surface area contributed by atoms with Gasteiger partial charge in [0.1, 0.15) is 11.6 Å². The third-order valence-electron chi connectivity index (χ3n) is 5.64. The monoisotopic (exact) mass is 414 g/mol. The third kappa shape index (κ3) is 4.32. The summed E-state index contributed by atoms with van der Waals surface area (Å²) in [4.78, 5) is 3.69. The summed E-state index contributed by atoms with van der Waals surface area (Å²) in [5.41, 5.74) is -0.246. The van der Waals surface area contributed by atoms with E-state index in [0.29, 0.717) is 5.56 Å². The topological polar surface area (TPSA) is 27.1 Å².